The van der Waals surface area contributed by atoms with Crippen LogP contribution >= 0.6 is 0 Å². The Morgan fingerprint density at radius 1 is 1.07 bits per heavy atom. The van der Waals surface area contributed by atoms with Crippen LogP contribution < -0.4 is 16.0 Å². The fourth-order valence-corrected chi connectivity index (χ4v) is 4.34. The Labute approximate surface area is 177 Å². The lowest BCUT2D eigenvalue weighted by Gasteiger charge is -2.38. The topological polar surface area (TPSA) is 82.1 Å². The van der Waals surface area contributed by atoms with E-state index in [4.69, 9.17) is 5.73 Å². The molecule has 2 fully saturated rings. The van der Waals surface area contributed by atoms with Gasteiger partial charge in [0.15, 0.2) is 0 Å². The van der Waals surface area contributed by atoms with Crippen LogP contribution in [0.5, 0.6) is 0 Å². The van der Waals surface area contributed by atoms with Gasteiger partial charge < -0.3 is 21.1 Å². The molecule has 1 atom stereocenters. The molecule has 4 N–H and O–H groups in total. The van der Waals surface area contributed by atoms with Crippen molar-refractivity contribution in [3.8, 4) is 11.1 Å². The molecule has 5 rings (SSSR count). The first-order valence-corrected chi connectivity index (χ1v) is 10.9. The van der Waals surface area contributed by atoms with Gasteiger partial charge in [0.25, 0.3) is 0 Å². The highest BCUT2D eigenvalue weighted by Crippen LogP contribution is 2.35. The first-order chi connectivity index (χ1) is 14.7. The molecular formula is C23H30N6O. The molecule has 1 aliphatic heterocycles. The molecule has 0 spiro atoms. The third-order valence-electron chi connectivity index (χ3n) is 6.25. The molecule has 0 radical (unpaired) electrons. The highest BCUT2D eigenvalue weighted by Gasteiger charge is 2.35. The Bertz CT molecular complexity index is 989. The van der Waals surface area contributed by atoms with Crippen molar-refractivity contribution in [2.75, 3.05) is 49.5 Å². The Morgan fingerprint density at radius 3 is 2.53 bits per heavy atom. The summed E-state index contributed by atoms with van der Waals surface area (Å²) in [7, 11) is 0. The Hall–Kier alpha value is -2.61. The van der Waals surface area contributed by atoms with Gasteiger partial charge in [-0.1, -0.05) is 12.1 Å². The summed E-state index contributed by atoms with van der Waals surface area (Å²) in [5, 5.41) is 18.3. The van der Waals surface area contributed by atoms with Crippen molar-refractivity contribution in [3.63, 3.8) is 0 Å². The normalized spacial score (nSPS) is 18.7. The summed E-state index contributed by atoms with van der Waals surface area (Å²) in [6, 6.07) is 12.8. The predicted molar refractivity (Wildman–Crippen MR) is 121 cm³/mol. The third kappa shape index (κ3) is 3.88. The van der Waals surface area contributed by atoms with E-state index in [0.29, 0.717) is 12.5 Å². The van der Waals surface area contributed by atoms with E-state index in [1.54, 1.807) is 0 Å². The number of aromatic nitrogens is 2. The largest absolute Gasteiger partial charge is 0.384 e. The van der Waals surface area contributed by atoms with Crippen LogP contribution in [0, 0.1) is 5.92 Å². The number of rotatable bonds is 7. The van der Waals surface area contributed by atoms with Crippen molar-refractivity contribution in [2.45, 2.75) is 19.1 Å². The number of nitrogens with zero attached hydrogens (tertiary/aromatic N) is 4. The number of piperazine rings is 1. The highest BCUT2D eigenvalue weighted by molar-refractivity contribution is 5.80. The number of benzene rings is 1. The lowest BCUT2D eigenvalue weighted by molar-refractivity contribution is -0.0158. The number of hydrogen-bond donors (Lipinski definition) is 3. The van der Waals surface area contributed by atoms with Gasteiger partial charge in [0.2, 0.25) is 0 Å². The van der Waals surface area contributed by atoms with Gasteiger partial charge in [0.1, 0.15) is 6.23 Å². The van der Waals surface area contributed by atoms with Gasteiger partial charge in [-0.3, -0.25) is 4.90 Å². The molecule has 0 amide bonds. The summed E-state index contributed by atoms with van der Waals surface area (Å²) in [4.78, 5) is 4.65. The van der Waals surface area contributed by atoms with Crippen LogP contribution in [-0.4, -0.2) is 65.1 Å². The van der Waals surface area contributed by atoms with Crippen molar-refractivity contribution in [1.82, 2.24) is 14.5 Å². The van der Waals surface area contributed by atoms with Crippen LogP contribution in [0.4, 0.5) is 11.4 Å². The van der Waals surface area contributed by atoms with Crippen molar-refractivity contribution in [3.05, 3.63) is 48.8 Å². The first kappa shape index (κ1) is 19.4. The maximum absolute atomic E-state index is 10.4. The highest BCUT2D eigenvalue weighted by atomic mass is 16.3. The molecule has 158 valence electrons. The summed E-state index contributed by atoms with van der Waals surface area (Å²) >= 11 is 0. The van der Waals surface area contributed by atoms with Crippen LogP contribution in [0.2, 0.25) is 0 Å². The van der Waals surface area contributed by atoms with E-state index in [9.17, 15) is 5.11 Å². The number of aliphatic hydroxyl groups excluding tert-OH is 1. The van der Waals surface area contributed by atoms with Crippen LogP contribution in [0.1, 0.15) is 12.8 Å². The summed E-state index contributed by atoms with van der Waals surface area (Å²) in [6.45, 7) is 5.04. The minimum Gasteiger partial charge on any atom is -0.384 e. The van der Waals surface area contributed by atoms with Crippen molar-refractivity contribution in [1.29, 1.82) is 0 Å². The quantitative estimate of drug-likeness (QED) is 0.558. The van der Waals surface area contributed by atoms with E-state index in [2.05, 4.69) is 62.8 Å². The maximum atomic E-state index is 10.4. The fourth-order valence-electron chi connectivity index (χ4n) is 4.34. The molecule has 0 bridgehead atoms. The Kier molecular flexibility index (Phi) is 5.33. The zero-order valence-corrected chi connectivity index (χ0v) is 17.2. The molecule has 1 unspecified atom stereocenters. The SMILES string of the molecule is NCCNc1ccc(-c2cc3c(N4CCN(C(O)C5CC5)CC4)ccnn3c2)cc1. The second-order valence-electron chi connectivity index (χ2n) is 8.34. The van der Waals surface area contributed by atoms with Crippen molar-refractivity contribution < 1.29 is 5.11 Å². The zero-order valence-electron chi connectivity index (χ0n) is 17.2. The molecule has 30 heavy (non-hydrogen) atoms. The van der Waals surface area contributed by atoms with Gasteiger partial charge in [-0.15, -0.1) is 0 Å². The van der Waals surface area contributed by atoms with E-state index in [0.717, 1.165) is 49.5 Å². The van der Waals surface area contributed by atoms with Crippen LogP contribution in [-0.2, 0) is 0 Å². The average molecular weight is 407 g/mol. The lowest BCUT2D eigenvalue weighted by atomic mass is 10.1. The Morgan fingerprint density at radius 2 is 1.83 bits per heavy atom. The summed E-state index contributed by atoms with van der Waals surface area (Å²) < 4.78 is 1.97. The molecule has 2 aromatic heterocycles. The minimum atomic E-state index is -0.258. The average Bonchev–Trinajstić information content (AvgIpc) is 3.55. The first-order valence-electron chi connectivity index (χ1n) is 10.9. The van der Waals surface area contributed by atoms with E-state index in [-0.39, 0.29) is 6.23 Å². The minimum absolute atomic E-state index is 0.258. The molecule has 1 aromatic carbocycles. The van der Waals surface area contributed by atoms with Crippen molar-refractivity contribution in [2.24, 2.45) is 11.7 Å². The number of anilines is 2. The molecule has 1 saturated carbocycles. The number of nitrogens with one attached hydrogen (secondary N) is 1. The van der Waals surface area contributed by atoms with E-state index >= 15 is 0 Å². The van der Waals surface area contributed by atoms with E-state index in [1.165, 1.54) is 24.1 Å². The van der Waals surface area contributed by atoms with Crippen LogP contribution in [0.25, 0.3) is 16.6 Å². The molecule has 3 heterocycles. The molecule has 7 heteroatoms. The third-order valence-corrected chi connectivity index (χ3v) is 6.25. The van der Waals surface area contributed by atoms with Crippen molar-refractivity contribution >= 4 is 16.9 Å². The smallest absolute Gasteiger partial charge is 0.110 e. The molecule has 1 saturated heterocycles. The molecule has 3 aromatic rings. The molecule has 1 aliphatic carbocycles. The number of fused-ring (bicyclic) bond motifs is 1. The standard InChI is InChI=1S/C23H30N6O/c24-8-10-25-20-5-3-17(4-6-20)19-15-22-21(7-9-26-29(22)16-19)27-11-13-28(14-12-27)23(30)18-1-2-18/h3-7,9,15-16,18,23,25,30H,1-2,8,10-14,24H2. The summed E-state index contributed by atoms with van der Waals surface area (Å²) in [5.41, 5.74) is 11.3. The summed E-state index contributed by atoms with van der Waals surface area (Å²) in [6.07, 6.45) is 6.05. The number of hydrogen-bond acceptors (Lipinski definition) is 6. The maximum Gasteiger partial charge on any atom is 0.110 e. The van der Waals surface area contributed by atoms with E-state index in [1.807, 2.05) is 10.7 Å². The van der Waals surface area contributed by atoms with Gasteiger partial charge in [0.05, 0.1) is 11.2 Å². The second kappa shape index (κ2) is 8.26. The van der Waals surface area contributed by atoms with Gasteiger partial charge in [-0.05, 0) is 48.6 Å². The Balaban J connectivity index is 1.34. The molecule has 2 aliphatic rings. The van der Waals surface area contributed by atoms with Gasteiger partial charge >= 0.3 is 0 Å². The van der Waals surface area contributed by atoms with Crippen LogP contribution in [0.3, 0.4) is 0 Å². The zero-order chi connectivity index (χ0) is 20.5. The van der Waals surface area contributed by atoms with Gasteiger partial charge in [0, 0.05) is 62.9 Å². The predicted octanol–water partition coefficient (Wildman–Crippen LogP) is 2.22. The van der Waals surface area contributed by atoms with Gasteiger partial charge in [-0.2, -0.15) is 5.10 Å². The number of nitrogens with two attached hydrogens (primary N) is 1. The molecular weight excluding hydrogens is 376 g/mol. The second-order valence-corrected chi connectivity index (χ2v) is 8.34. The fraction of sp³-hybridized carbons (Fsp3) is 0.435. The molecule has 7 nitrogen and oxygen atoms in total. The van der Waals surface area contributed by atoms with Gasteiger partial charge in [-0.25, -0.2) is 4.52 Å². The van der Waals surface area contributed by atoms with Crippen LogP contribution in [0.15, 0.2) is 48.8 Å². The monoisotopic (exact) mass is 406 g/mol. The summed E-state index contributed by atoms with van der Waals surface area (Å²) in [5.74, 6) is 0.495. The lowest BCUT2D eigenvalue weighted by Crippen LogP contribution is -2.51. The van der Waals surface area contributed by atoms with E-state index < -0.39 is 0 Å². The number of aliphatic hydroxyl groups is 1.